The van der Waals surface area contributed by atoms with Crippen molar-refractivity contribution in [3.8, 4) is 17.4 Å². The lowest BCUT2D eigenvalue weighted by Crippen LogP contribution is -2.45. The number of thiazole rings is 1. The number of ether oxygens (including phenoxy) is 1. The van der Waals surface area contributed by atoms with E-state index in [1.807, 2.05) is 12.1 Å². The van der Waals surface area contributed by atoms with E-state index in [-0.39, 0.29) is 29.0 Å². The van der Waals surface area contributed by atoms with Crippen molar-refractivity contribution in [3.63, 3.8) is 0 Å². The number of anilines is 2. The van der Waals surface area contributed by atoms with Gasteiger partial charge in [-0.25, -0.2) is 0 Å². The van der Waals surface area contributed by atoms with Crippen LogP contribution in [0, 0.1) is 0 Å². The largest absolute Gasteiger partial charge is 0.506 e. The number of carbonyl (C=O) groups excluding carboxylic acids is 1. The van der Waals surface area contributed by atoms with Crippen molar-refractivity contribution < 1.29 is 24.9 Å². The maximum Gasteiger partial charge on any atom is 0.307 e. The van der Waals surface area contributed by atoms with Crippen LogP contribution in [0.1, 0.15) is 35.3 Å². The Morgan fingerprint density at radius 3 is 2.55 bits per heavy atom. The fraction of sp³-hybridized carbons (Fsp3) is 0.407. The Bertz CT molecular complexity index is 1330. The minimum absolute atomic E-state index is 0.0151. The van der Waals surface area contributed by atoms with Crippen LogP contribution in [0.15, 0.2) is 41.2 Å². The van der Waals surface area contributed by atoms with Gasteiger partial charge in [0.05, 0.1) is 10.6 Å². The van der Waals surface area contributed by atoms with Gasteiger partial charge in [-0.1, -0.05) is 23.5 Å². The third kappa shape index (κ3) is 6.12. The highest BCUT2D eigenvalue weighted by Gasteiger charge is 2.23. The fourth-order valence-electron chi connectivity index (χ4n) is 4.95. The first-order chi connectivity index (χ1) is 18.4. The van der Waals surface area contributed by atoms with Crippen molar-refractivity contribution >= 4 is 28.6 Å². The van der Waals surface area contributed by atoms with Gasteiger partial charge in [0.15, 0.2) is 0 Å². The SMILES string of the molecule is O=C1CCc2c(OC[C@@H](O)CNC3CCN(c4ccc(Cc5sc(=O)[nH]c5O)cc4)CC3)ccc(O)c2N1. The van der Waals surface area contributed by atoms with Crippen molar-refractivity contribution in [1.82, 2.24) is 10.3 Å². The van der Waals surface area contributed by atoms with Crippen LogP contribution in [-0.4, -0.2) is 64.6 Å². The van der Waals surface area contributed by atoms with E-state index < -0.39 is 6.10 Å². The summed E-state index contributed by atoms with van der Waals surface area (Å²) in [6.07, 6.45) is 2.54. The number of hydrogen-bond acceptors (Lipinski definition) is 9. The molecule has 3 heterocycles. The molecule has 6 N–H and O–H groups in total. The zero-order valence-corrected chi connectivity index (χ0v) is 21.7. The first-order valence-corrected chi connectivity index (χ1v) is 13.6. The number of aliphatic hydroxyl groups is 1. The number of benzene rings is 2. The van der Waals surface area contributed by atoms with E-state index in [0.717, 1.165) is 54.1 Å². The lowest BCUT2D eigenvalue weighted by molar-refractivity contribution is -0.116. The van der Waals surface area contributed by atoms with Crippen LogP contribution < -0.4 is 25.1 Å². The molecule has 1 saturated heterocycles. The molecule has 38 heavy (non-hydrogen) atoms. The maximum absolute atomic E-state index is 11.6. The monoisotopic (exact) mass is 540 g/mol. The minimum atomic E-state index is -0.693. The summed E-state index contributed by atoms with van der Waals surface area (Å²) < 4.78 is 5.83. The Labute approximate surface area is 223 Å². The Hall–Kier alpha value is -3.54. The number of nitrogens with zero attached hydrogens (tertiary/aromatic N) is 1. The molecule has 2 aromatic carbocycles. The minimum Gasteiger partial charge on any atom is -0.506 e. The van der Waals surface area contributed by atoms with E-state index in [0.29, 0.717) is 48.2 Å². The number of amides is 1. The standard InChI is InChI=1S/C27H32N4O6S/c32-19(15-37-22-7-6-21(33)25-20(22)5-8-24(34)29-25)14-28-17-9-11-31(12-10-17)18-3-1-16(2-4-18)13-23-26(35)30-27(36)38-23/h1-4,6-7,17,19,28,32-33,35H,5,8-15H2,(H,29,34)(H,30,36)/t19-/m0/s1. The summed E-state index contributed by atoms with van der Waals surface area (Å²) in [6.45, 7) is 2.32. The second kappa shape index (κ2) is 11.5. The number of nitrogens with one attached hydrogen (secondary N) is 3. The quantitative estimate of drug-likeness (QED) is 0.227. The summed E-state index contributed by atoms with van der Waals surface area (Å²) in [5, 5.41) is 36.4. The van der Waals surface area contributed by atoms with Gasteiger partial charge in [0.2, 0.25) is 11.8 Å². The molecule has 1 fully saturated rings. The molecule has 10 nitrogen and oxygen atoms in total. The van der Waals surface area contributed by atoms with Gasteiger partial charge in [0.1, 0.15) is 24.2 Å². The predicted molar refractivity (Wildman–Crippen MR) is 146 cm³/mol. The maximum atomic E-state index is 11.6. The predicted octanol–water partition coefficient (Wildman–Crippen LogP) is 2.32. The van der Waals surface area contributed by atoms with Crippen LogP contribution in [0.3, 0.4) is 0 Å². The van der Waals surface area contributed by atoms with Gasteiger partial charge < -0.3 is 35.6 Å². The van der Waals surface area contributed by atoms with Gasteiger partial charge in [0.25, 0.3) is 0 Å². The van der Waals surface area contributed by atoms with Crippen LogP contribution in [0.5, 0.6) is 17.4 Å². The number of rotatable bonds is 9. The van der Waals surface area contributed by atoms with Gasteiger partial charge in [-0.3, -0.25) is 14.6 Å². The van der Waals surface area contributed by atoms with Crippen molar-refractivity contribution in [2.75, 3.05) is 36.5 Å². The summed E-state index contributed by atoms with van der Waals surface area (Å²) in [6, 6.07) is 11.7. The van der Waals surface area contributed by atoms with Gasteiger partial charge in [-0.2, -0.15) is 0 Å². The van der Waals surface area contributed by atoms with Crippen molar-refractivity contribution in [2.24, 2.45) is 0 Å². The molecule has 1 aromatic heterocycles. The van der Waals surface area contributed by atoms with E-state index in [9.17, 15) is 24.9 Å². The van der Waals surface area contributed by atoms with Crippen LogP contribution in [0.4, 0.5) is 11.4 Å². The topological polar surface area (TPSA) is 147 Å². The Balaban J connectivity index is 1.05. The Morgan fingerprint density at radius 1 is 1.08 bits per heavy atom. The molecule has 0 bridgehead atoms. The summed E-state index contributed by atoms with van der Waals surface area (Å²) in [4.78, 5) is 28.1. The summed E-state index contributed by atoms with van der Waals surface area (Å²) in [7, 11) is 0. The second-order valence-electron chi connectivity index (χ2n) is 9.75. The number of piperidine rings is 1. The lowest BCUT2D eigenvalue weighted by atomic mass is 10.0. The number of aliphatic hydroxyl groups excluding tert-OH is 1. The van der Waals surface area contributed by atoms with E-state index in [1.165, 1.54) is 6.07 Å². The molecule has 1 atom stereocenters. The normalized spacial score (nSPS) is 16.7. The molecule has 0 radical (unpaired) electrons. The first-order valence-electron chi connectivity index (χ1n) is 12.8. The van der Waals surface area contributed by atoms with Crippen LogP contribution in [0.2, 0.25) is 0 Å². The molecule has 3 aromatic rings. The van der Waals surface area contributed by atoms with Crippen molar-refractivity contribution in [2.45, 2.75) is 44.2 Å². The van der Waals surface area contributed by atoms with Gasteiger partial charge in [-0.05, 0) is 49.1 Å². The number of fused-ring (bicyclic) bond motifs is 1. The van der Waals surface area contributed by atoms with Gasteiger partial charge in [0, 0.05) is 49.8 Å². The molecule has 202 valence electrons. The average Bonchev–Trinajstić information content (AvgIpc) is 3.24. The molecule has 0 saturated carbocycles. The van der Waals surface area contributed by atoms with Gasteiger partial charge in [-0.15, -0.1) is 0 Å². The van der Waals surface area contributed by atoms with Crippen LogP contribution in [-0.2, 0) is 17.6 Å². The van der Waals surface area contributed by atoms with Crippen molar-refractivity contribution in [3.05, 3.63) is 62.1 Å². The highest BCUT2D eigenvalue weighted by Crippen LogP contribution is 2.38. The molecule has 0 unspecified atom stereocenters. The number of carbonyl (C=O) groups is 1. The number of aromatic hydroxyl groups is 2. The fourth-order valence-corrected chi connectivity index (χ4v) is 5.71. The van der Waals surface area contributed by atoms with E-state index in [2.05, 4.69) is 32.7 Å². The van der Waals surface area contributed by atoms with E-state index >= 15 is 0 Å². The number of aromatic amines is 1. The third-order valence-electron chi connectivity index (χ3n) is 7.05. The van der Waals surface area contributed by atoms with E-state index in [1.54, 1.807) is 6.07 Å². The number of H-pyrrole nitrogens is 1. The zero-order valence-electron chi connectivity index (χ0n) is 20.9. The smallest absolute Gasteiger partial charge is 0.307 e. The van der Waals surface area contributed by atoms with Crippen LogP contribution >= 0.6 is 11.3 Å². The molecule has 1 amide bonds. The Kier molecular flexibility index (Phi) is 7.87. The highest BCUT2D eigenvalue weighted by atomic mass is 32.1. The van der Waals surface area contributed by atoms with Crippen molar-refractivity contribution in [1.29, 1.82) is 0 Å². The molecule has 0 aliphatic carbocycles. The molecule has 11 heteroatoms. The molecule has 2 aliphatic heterocycles. The number of phenolic OH excluding ortho intramolecular Hbond substituents is 1. The molecule has 2 aliphatic rings. The number of aromatic nitrogens is 1. The number of phenols is 1. The van der Waals surface area contributed by atoms with E-state index in [4.69, 9.17) is 4.74 Å². The summed E-state index contributed by atoms with van der Waals surface area (Å²) in [5.74, 6) is 0.397. The second-order valence-corrected chi connectivity index (χ2v) is 10.8. The average molecular weight is 541 g/mol. The summed E-state index contributed by atoms with van der Waals surface area (Å²) in [5.41, 5.74) is 3.32. The Morgan fingerprint density at radius 2 is 1.84 bits per heavy atom. The first kappa shape index (κ1) is 26.1. The molecule has 0 spiro atoms. The molecular formula is C27H32N4O6S. The molecular weight excluding hydrogens is 508 g/mol. The van der Waals surface area contributed by atoms with Crippen LogP contribution in [0.25, 0.3) is 0 Å². The third-order valence-corrected chi connectivity index (χ3v) is 7.92. The zero-order chi connectivity index (χ0) is 26.6. The highest BCUT2D eigenvalue weighted by molar-refractivity contribution is 7.09. The molecule has 5 rings (SSSR count). The number of hydrogen-bond donors (Lipinski definition) is 6. The summed E-state index contributed by atoms with van der Waals surface area (Å²) >= 11 is 1.03. The lowest BCUT2D eigenvalue weighted by Gasteiger charge is -2.34. The van der Waals surface area contributed by atoms with Gasteiger partial charge >= 0.3 is 4.87 Å².